The zero-order chi connectivity index (χ0) is 22.7. The molecular weight excluding hydrogens is 420 g/mol. The first kappa shape index (κ1) is 20.5. The summed E-state index contributed by atoms with van der Waals surface area (Å²) in [5.41, 5.74) is 4.64. The predicted octanol–water partition coefficient (Wildman–Crippen LogP) is 2.17. The van der Waals surface area contributed by atoms with Crippen molar-refractivity contribution in [1.29, 1.82) is 0 Å². The molecule has 1 aromatic carbocycles. The Morgan fingerprint density at radius 2 is 2.06 bits per heavy atom. The van der Waals surface area contributed by atoms with Gasteiger partial charge in [0.15, 0.2) is 5.82 Å². The van der Waals surface area contributed by atoms with Crippen LogP contribution >= 0.6 is 0 Å². The van der Waals surface area contributed by atoms with Gasteiger partial charge < -0.3 is 15.0 Å². The Bertz CT molecular complexity index is 1180. The number of carbonyl (C=O) groups is 2. The van der Waals surface area contributed by atoms with Crippen LogP contribution in [0.1, 0.15) is 57.1 Å². The number of nitrogens with one attached hydrogen (secondary N) is 1. The number of carbonyl (C=O) groups excluding carboxylic acids is 2. The second-order valence-corrected chi connectivity index (χ2v) is 9.96. The number of aromatic nitrogens is 4. The summed E-state index contributed by atoms with van der Waals surface area (Å²) in [5.74, 6) is 0.717. The van der Waals surface area contributed by atoms with Crippen molar-refractivity contribution in [2.24, 2.45) is 5.41 Å². The van der Waals surface area contributed by atoms with E-state index in [1.165, 1.54) is 11.1 Å². The van der Waals surface area contributed by atoms with E-state index in [9.17, 15) is 9.59 Å². The number of nitrogens with zero attached hydrogens (tertiary/aromatic N) is 5. The number of ether oxygens (including phenoxy) is 1. The van der Waals surface area contributed by atoms with Crippen LogP contribution in [0.5, 0.6) is 0 Å². The standard InChI is InChI=1S/C24H28N6O3/c1-14-10-24(23(32)30(14)20-13-33-22(31)15(20)2)7-5-18(6-8-24)25-11-16-3-4-19-17(9-16)12-29-21(19)26-27-28-29/h3-4,9,14,18,25H,5-8,10-13H2,1-2H3/t14-,18?,24?/m1/s1. The van der Waals surface area contributed by atoms with E-state index in [0.717, 1.165) is 62.3 Å². The summed E-state index contributed by atoms with van der Waals surface area (Å²) < 4.78 is 7.00. The quantitative estimate of drug-likeness (QED) is 0.610. The van der Waals surface area contributed by atoms with Gasteiger partial charge >= 0.3 is 5.97 Å². The molecule has 2 fully saturated rings. The lowest BCUT2D eigenvalue weighted by molar-refractivity contribution is -0.138. The van der Waals surface area contributed by atoms with Crippen LogP contribution in [-0.2, 0) is 27.4 Å². The number of fused-ring (bicyclic) bond motifs is 3. The molecule has 0 unspecified atom stereocenters. The molecule has 1 aromatic heterocycles. The summed E-state index contributed by atoms with van der Waals surface area (Å²) in [7, 11) is 0. The van der Waals surface area contributed by atoms with Crippen molar-refractivity contribution < 1.29 is 14.3 Å². The van der Waals surface area contributed by atoms with Gasteiger partial charge in [-0.2, -0.15) is 0 Å². The Morgan fingerprint density at radius 1 is 1.24 bits per heavy atom. The average Bonchev–Trinajstić information content (AvgIpc) is 3.53. The number of esters is 1. The van der Waals surface area contributed by atoms with E-state index in [2.05, 4.69) is 46.0 Å². The highest BCUT2D eigenvalue weighted by molar-refractivity contribution is 5.94. The largest absolute Gasteiger partial charge is 0.456 e. The molecule has 1 aliphatic carbocycles. The van der Waals surface area contributed by atoms with E-state index >= 15 is 0 Å². The highest BCUT2D eigenvalue weighted by Crippen LogP contribution is 2.49. The SMILES string of the molecule is CC1=C(N2C(=O)C3(CCC(NCc4ccc5c(c4)Cn4nnnc4-5)CC3)C[C@H]2C)COC1=O. The molecule has 6 rings (SSSR count). The summed E-state index contributed by atoms with van der Waals surface area (Å²) in [6, 6.07) is 6.98. The fourth-order valence-corrected chi connectivity index (χ4v) is 6.13. The fourth-order valence-electron chi connectivity index (χ4n) is 6.13. The molecule has 33 heavy (non-hydrogen) atoms. The molecule has 4 aliphatic rings. The monoisotopic (exact) mass is 448 g/mol. The number of likely N-dealkylation sites (tertiary alicyclic amines) is 1. The normalized spacial score (nSPS) is 28.6. The first-order valence-electron chi connectivity index (χ1n) is 11.8. The summed E-state index contributed by atoms with van der Waals surface area (Å²) in [6.45, 7) is 5.60. The molecular formula is C24H28N6O3. The van der Waals surface area contributed by atoms with Crippen LogP contribution in [0.15, 0.2) is 29.5 Å². The summed E-state index contributed by atoms with van der Waals surface area (Å²) in [6.07, 6.45) is 4.59. The van der Waals surface area contributed by atoms with E-state index < -0.39 is 0 Å². The van der Waals surface area contributed by atoms with Crippen molar-refractivity contribution in [3.8, 4) is 11.4 Å². The lowest BCUT2D eigenvalue weighted by atomic mass is 9.70. The third kappa shape index (κ3) is 3.20. The third-order valence-corrected chi connectivity index (χ3v) is 7.97. The highest BCUT2D eigenvalue weighted by Gasteiger charge is 2.53. The lowest BCUT2D eigenvalue weighted by Crippen LogP contribution is -2.42. The highest BCUT2D eigenvalue weighted by atomic mass is 16.5. The van der Waals surface area contributed by atoms with E-state index in [1.54, 1.807) is 6.92 Å². The van der Waals surface area contributed by atoms with Gasteiger partial charge in [0, 0.05) is 24.2 Å². The number of rotatable bonds is 4. The molecule has 4 heterocycles. The van der Waals surface area contributed by atoms with E-state index in [4.69, 9.17) is 4.74 Å². The van der Waals surface area contributed by atoms with Crippen LogP contribution in [0.3, 0.4) is 0 Å². The molecule has 9 heteroatoms. The zero-order valence-electron chi connectivity index (χ0n) is 19.0. The predicted molar refractivity (Wildman–Crippen MR) is 118 cm³/mol. The minimum absolute atomic E-state index is 0.104. The minimum Gasteiger partial charge on any atom is -0.456 e. The van der Waals surface area contributed by atoms with Crippen LogP contribution in [-0.4, -0.2) is 55.7 Å². The van der Waals surface area contributed by atoms with Crippen molar-refractivity contribution >= 4 is 11.9 Å². The fraction of sp³-hybridized carbons (Fsp3) is 0.542. The van der Waals surface area contributed by atoms with Gasteiger partial charge in [-0.25, -0.2) is 9.48 Å². The molecule has 172 valence electrons. The second kappa shape index (κ2) is 7.48. The van der Waals surface area contributed by atoms with Gasteiger partial charge in [0.05, 0.1) is 23.2 Å². The Morgan fingerprint density at radius 3 is 2.82 bits per heavy atom. The van der Waals surface area contributed by atoms with Gasteiger partial charge in [-0.3, -0.25) is 4.79 Å². The van der Waals surface area contributed by atoms with Gasteiger partial charge in [0.2, 0.25) is 5.91 Å². The maximum Gasteiger partial charge on any atom is 0.336 e. The molecule has 1 atom stereocenters. The number of hydrogen-bond donors (Lipinski definition) is 1. The van der Waals surface area contributed by atoms with E-state index in [1.807, 2.05) is 9.58 Å². The molecule has 1 N–H and O–H groups in total. The molecule has 1 spiro atoms. The number of hydrogen-bond acceptors (Lipinski definition) is 7. The van der Waals surface area contributed by atoms with Crippen molar-refractivity contribution in [2.75, 3.05) is 6.61 Å². The van der Waals surface area contributed by atoms with Gasteiger partial charge in [-0.1, -0.05) is 18.2 Å². The Labute approximate surface area is 192 Å². The third-order valence-electron chi connectivity index (χ3n) is 7.97. The molecule has 9 nitrogen and oxygen atoms in total. The molecule has 3 aliphatic heterocycles. The van der Waals surface area contributed by atoms with Crippen LogP contribution in [0, 0.1) is 5.41 Å². The number of cyclic esters (lactones) is 1. The lowest BCUT2D eigenvalue weighted by Gasteiger charge is -2.36. The summed E-state index contributed by atoms with van der Waals surface area (Å²) in [4.78, 5) is 27.2. The summed E-state index contributed by atoms with van der Waals surface area (Å²) >= 11 is 0. The average molecular weight is 449 g/mol. The maximum atomic E-state index is 13.5. The summed E-state index contributed by atoms with van der Waals surface area (Å²) in [5, 5.41) is 15.6. The van der Waals surface area contributed by atoms with E-state index in [0.29, 0.717) is 11.6 Å². The van der Waals surface area contributed by atoms with Crippen LogP contribution in [0.2, 0.25) is 0 Å². The topological polar surface area (TPSA) is 102 Å². The van der Waals surface area contributed by atoms with Gasteiger partial charge in [0.25, 0.3) is 0 Å². The van der Waals surface area contributed by atoms with Gasteiger partial charge in [0.1, 0.15) is 6.61 Å². The molecule has 1 saturated carbocycles. The number of benzene rings is 1. The Hall–Kier alpha value is -3.07. The number of amides is 1. The van der Waals surface area contributed by atoms with Crippen molar-refractivity contribution in [2.45, 2.75) is 71.1 Å². The number of tetrazole rings is 1. The van der Waals surface area contributed by atoms with Crippen molar-refractivity contribution in [3.05, 3.63) is 40.6 Å². The molecule has 0 radical (unpaired) electrons. The van der Waals surface area contributed by atoms with Crippen LogP contribution in [0.25, 0.3) is 11.4 Å². The maximum absolute atomic E-state index is 13.5. The first-order chi connectivity index (χ1) is 15.9. The van der Waals surface area contributed by atoms with E-state index in [-0.39, 0.29) is 29.9 Å². The van der Waals surface area contributed by atoms with Crippen LogP contribution in [0.4, 0.5) is 0 Å². The first-order valence-corrected chi connectivity index (χ1v) is 11.8. The van der Waals surface area contributed by atoms with Crippen molar-refractivity contribution in [3.63, 3.8) is 0 Å². The van der Waals surface area contributed by atoms with Gasteiger partial charge in [-0.05, 0) is 67.5 Å². The minimum atomic E-state index is -0.303. The molecule has 1 amide bonds. The second-order valence-electron chi connectivity index (χ2n) is 9.96. The molecule has 1 saturated heterocycles. The molecule has 0 bridgehead atoms. The zero-order valence-corrected chi connectivity index (χ0v) is 19.0. The van der Waals surface area contributed by atoms with Crippen molar-refractivity contribution in [1.82, 2.24) is 30.4 Å². The smallest absolute Gasteiger partial charge is 0.336 e. The Balaban J connectivity index is 1.08. The molecule has 2 aromatic rings. The van der Waals surface area contributed by atoms with Gasteiger partial charge in [-0.15, -0.1) is 5.10 Å². The Kier molecular flexibility index (Phi) is 4.65. The van der Waals surface area contributed by atoms with Crippen LogP contribution < -0.4 is 5.32 Å².